The zero-order valence-electron chi connectivity index (χ0n) is 15.9. The molecule has 4 rings (SSSR count). The highest BCUT2D eigenvalue weighted by atomic mass is 16.7. The van der Waals surface area contributed by atoms with Gasteiger partial charge in [-0.2, -0.15) is 0 Å². The summed E-state index contributed by atoms with van der Waals surface area (Å²) >= 11 is 0. The molecule has 0 unspecified atom stereocenters. The largest absolute Gasteiger partial charge is 0.519 e. The summed E-state index contributed by atoms with van der Waals surface area (Å²) in [7, 11) is 0. The SMILES string of the molecule is O=C(Oc1ccccc1O)Oc1c(O)ccc(-c2ccccc2)c1-c1ccccc1. The highest BCUT2D eigenvalue weighted by Crippen LogP contribution is 2.44. The number of rotatable bonds is 4. The third-order valence-electron chi connectivity index (χ3n) is 4.53. The molecule has 0 aliphatic rings. The molecule has 0 atom stereocenters. The van der Waals surface area contributed by atoms with E-state index >= 15 is 0 Å². The normalized spacial score (nSPS) is 10.4. The minimum atomic E-state index is -1.07. The monoisotopic (exact) mass is 398 g/mol. The van der Waals surface area contributed by atoms with E-state index in [9.17, 15) is 15.0 Å². The molecule has 4 aromatic rings. The van der Waals surface area contributed by atoms with Crippen molar-refractivity contribution >= 4 is 6.16 Å². The second kappa shape index (κ2) is 8.41. The molecule has 5 heteroatoms. The maximum absolute atomic E-state index is 12.5. The molecule has 2 N–H and O–H groups in total. The summed E-state index contributed by atoms with van der Waals surface area (Å²) in [5, 5.41) is 20.3. The van der Waals surface area contributed by atoms with Crippen LogP contribution in [0.1, 0.15) is 0 Å². The fourth-order valence-electron chi connectivity index (χ4n) is 3.16. The van der Waals surface area contributed by atoms with E-state index in [4.69, 9.17) is 9.47 Å². The number of ether oxygens (including phenoxy) is 2. The lowest BCUT2D eigenvalue weighted by atomic mass is 9.93. The fourth-order valence-corrected chi connectivity index (χ4v) is 3.16. The molecular weight excluding hydrogens is 380 g/mol. The first-order chi connectivity index (χ1) is 14.6. The Labute approximate surface area is 173 Å². The van der Waals surface area contributed by atoms with Gasteiger partial charge in [0.05, 0.1) is 0 Å². The third-order valence-corrected chi connectivity index (χ3v) is 4.53. The van der Waals surface area contributed by atoms with E-state index in [1.165, 1.54) is 18.2 Å². The van der Waals surface area contributed by atoms with Crippen LogP contribution in [-0.4, -0.2) is 16.4 Å². The van der Waals surface area contributed by atoms with Crippen LogP contribution in [0.4, 0.5) is 4.79 Å². The lowest BCUT2D eigenvalue weighted by molar-refractivity contribution is 0.149. The Hall–Kier alpha value is -4.25. The van der Waals surface area contributed by atoms with Crippen molar-refractivity contribution in [2.45, 2.75) is 0 Å². The third kappa shape index (κ3) is 3.95. The molecule has 30 heavy (non-hydrogen) atoms. The number of phenols is 2. The standard InChI is InChI=1S/C25H18O5/c26-20-13-7-8-14-22(20)29-25(28)30-24-21(27)16-15-19(17-9-3-1-4-10-17)23(24)18-11-5-2-6-12-18/h1-16,26-27H. The van der Waals surface area contributed by atoms with Crippen molar-refractivity contribution in [3.63, 3.8) is 0 Å². The molecule has 0 bridgehead atoms. The Morgan fingerprint density at radius 3 is 1.87 bits per heavy atom. The number of benzene rings is 4. The Morgan fingerprint density at radius 1 is 0.600 bits per heavy atom. The topological polar surface area (TPSA) is 76.0 Å². The van der Waals surface area contributed by atoms with Crippen molar-refractivity contribution in [2.75, 3.05) is 0 Å². The number of hydrogen-bond donors (Lipinski definition) is 2. The molecule has 0 heterocycles. The van der Waals surface area contributed by atoms with Crippen molar-refractivity contribution in [3.05, 3.63) is 97.1 Å². The summed E-state index contributed by atoms with van der Waals surface area (Å²) in [6.45, 7) is 0. The average Bonchev–Trinajstić information content (AvgIpc) is 2.78. The van der Waals surface area contributed by atoms with Gasteiger partial charge in [-0.25, -0.2) is 4.79 Å². The van der Waals surface area contributed by atoms with E-state index in [1.54, 1.807) is 18.2 Å². The van der Waals surface area contributed by atoms with Gasteiger partial charge in [-0.05, 0) is 41.0 Å². The number of para-hydroxylation sites is 2. The minimum Gasteiger partial charge on any atom is -0.504 e. The van der Waals surface area contributed by atoms with Gasteiger partial charge in [0.25, 0.3) is 0 Å². The van der Waals surface area contributed by atoms with Crippen molar-refractivity contribution in [1.82, 2.24) is 0 Å². The van der Waals surface area contributed by atoms with Crippen LogP contribution < -0.4 is 9.47 Å². The maximum Gasteiger partial charge on any atom is 0.519 e. The Balaban J connectivity index is 1.79. The zero-order chi connectivity index (χ0) is 20.9. The zero-order valence-corrected chi connectivity index (χ0v) is 15.9. The number of carbonyl (C=O) groups is 1. The van der Waals surface area contributed by atoms with Gasteiger partial charge >= 0.3 is 6.16 Å². The predicted molar refractivity (Wildman–Crippen MR) is 114 cm³/mol. The number of hydrogen-bond acceptors (Lipinski definition) is 5. The molecule has 5 nitrogen and oxygen atoms in total. The van der Waals surface area contributed by atoms with Crippen LogP contribution in [-0.2, 0) is 0 Å². The predicted octanol–water partition coefficient (Wildman–Crippen LogP) is 6.01. The maximum atomic E-state index is 12.5. The van der Waals surface area contributed by atoms with Crippen LogP contribution >= 0.6 is 0 Å². The molecule has 0 saturated carbocycles. The fraction of sp³-hybridized carbons (Fsp3) is 0. The highest BCUT2D eigenvalue weighted by molar-refractivity contribution is 5.91. The molecule has 0 saturated heterocycles. The first-order valence-corrected chi connectivity index (χ1v) is 9.28. The van der Waals surface area contributed by atoms with Crippen molar-refractivity contribution in [1.29, 1.82) is 0 Å². The van der Waals surface area contributed by atoms with Gasteiger partial charge in [0.15, 0.2) is 23.0 Å². The first-order valence-electron chi connectivity index (χ1n) is 9.28. The lowest BCUT2D eigenvalue weighted by Gasteiger charge is -2.17. The van der Waals surface area contributed by atoms with Crippen LogP contribution in [0, 0.1) is 0 Å². The number of carbonyl (C=O) groups excluding carboxylic acids is 1. The van der Waals surface area contributed by atoms with Gasteiger partial charge in [0, 0.05) is 5.56 Å². The van der Waals surface area contributed by atoms with Gasteiger partial charge in [0.2, 0.25) is 0 Å². The quantitative estimate of drug-likeness (QED) is 0.325. The molecule has 0 aliphatic carbocycles. The van der Waals surface area contributed by atoms with E-state index in [1.807, 2.05) is 60.7 Å². The molecule has 148 valence electrons. The number of phenolic OH excluding ortho intramolecular Hbond substituents is 2. The van der Waals surface area contributed by atoms with Crippen LogP contribution in [0.3, 0.4) is 0 Å². The Morgan fingerprint density at radius 2 is 1.20 bits per heavy atom. The van der Waals surface area contributed by atoms with Gasteiger partial charge in [-0.15, -0.1) is 0 Å². The molecular formula is C25H18O5. The first kappa shape index (κ1) is 19.1. The molecule has 0 amide bonds. The minimum absolute atomic E-state index is 0.0250. The van der Waals surface area contributed by atoms with Gasteiger partial charge in [-0.1, -0.05) is 72.8 Å². The number of aromatic hydroxyl groups is 2. The van der Waals surface area contributed by atoms with Gasteiger partial charge < -0.3 is 19.7 Å². The summed E-state index contributed by atoms with van der Waals surface area (Å²) in [6.07, 6.45) is -1.07. The summed E-state index contributed by atoms with van der Waals surface area (Å²) < 4.78 is 10.5. The molecule has 4 aromatic carbocycles. The van der Waals surface area contributed by atoms with E-state index in [2.05, 4.69) is 0 Å². The second-order valence-electron chi connectivity index (χ2n) is 6.49. The van der Waals surface area contributed by atoms with E-state index in [0.717, 1.165) is 16.7 Å². The van der Waals surface area contributed by atoms with Crippen LogP contribution in [0.25, 0.3) is 22.3 Å². The molecule has 0 aromatic heterocycles. The Kier molecular flexibility index (Phi) is 5.35. The smallest absolute Gasteiger partial charge is 0.504 e. The molecule has 0 radical (unpaired) electrons. The summed E-state index contributed by atoms with van der Waals surface area (Å²) in [6, 6.07) is 28.2. The lowest BCUT2D eigenvalue weighted by Crippen LogP contribution is -2.14. The van der Waals surface area contributed by atoms with Crippen LogP contribution in [0.15, 0.2) is 97.1 Å². The molecule has 0 spiro atoms. The average molecular weight is 398 g/mol. The second-order valence-corrected chi connectivity index (χ2v) is 6.49. The molecule has 0 aliphatic heterocycles. The summed E-state index contributed by atoms with van der Waals surface area (Å²) in [4.78, 5) is 12.5. The summed E-state index contributed by atoms with van der Waals surface area (Å²) in [5.41, 5.74) is 2.99. The Bertz CT molecular complexity index is 1170. The molecule has 0 fully saturated rings. The van der Waals surface area contributed by atoms with Gasteiger partial charge in [0.1, 0.15) is 0 Å². The van der Waals surface area contributed by atoms with E-state index in [0.29, 0.717) is 5.56 Å². The highest BCUT2D eigenvalue weighted by Gasteiger charge is 2.21. The van der Waals surface area contributed by atoms with Gasteiger partial charge in [-0.3, -0.25) is 0 Å². The van der Waals surface area contributed by atoms with Crippen molar-refractivity contribution in [2.24, 2.45) is 0 Å². The summed E-state index contributed by atoms with van der Waals surface area (Å²) in [5.74, 6) is -0.465. The van der Waals surface area contributed by atoms with Crippen molar-refractivity contribution < 1.29 is 24.5 Å². The van der Waals surface area contributed by atoms with E-state index < -0.39 is 6.16 Å². The van der Waals surface area contributed by atoms with Crippen LogP contribution in [0.5, 0.6) is 23.0 Å². The van der Waals surface area contributed by atoms with Crippen molar-refractivity contribution in [3.8, 4) is 45.3 Å². The van der Waals surface area contributed by atoms with Crippen LogP contribution in [0.2, 0.25) is 0 Å². The van der Waals surface area contributed by atoms with E-state index in [-0.39, 0.29) is 23.0 Å².